The molecular weight excluding hydrogens is 148 g/mol. The molecule has 0 N–H and O–H groups in total. The van der Waals surface area contributed by atoms with Crippen molar-refractivity contribution >= 4 is 5.71 Å². The first-order chi connectivity index (χ1) is 5.69. The van der Waals surface area contributed by atoms with Crippen molar-refractivity contribution in [1.82, 2.24) is 4.90 Å². The molecule has 0 saturated carbocycles. The van der Waals surface area contributed by atoms with Crippen molar-refractivity contribution in [2.45, 2.75) is 13.8 Å². The third-order valence-electron chi connectivity index (χ3n) is 2.05. The lowest BCUT2D eigenvalue weighted by molar-refractivity contribution is 0.517. The highest BCUT2D eigenvalue weighted by Gasteiger charge is 2.11. The van der Waals surface area contributed by atoms with Gasteiger partial charge < -0.3 is 4.90 Å². The van der Waals surface area contributed by atoms with E-state index < -0.39 is 0 Å². The van der Waals surface area contributed by atoms with Gasteiger partial charge in [0, 0.05) is 5.70 Å². The number of allylic oxidation sites excluding steroid dienone is 2. The van der Waals surface area contributed by atoms with E-state index in [2.05, 4.69) is 23.1 Å². The second-order valence-electron chi connectivity index (χ2n) is 2.79. The first kappa shape index (κ1) is 8.78. The standard InChI is InChI=1S/C10H14N2/c1-5-10-7-12(6-2)9(4)8(3)11-10/h5-6H,1-2,7H2,3-4H3. The minimum atomic E-state index is 0.788. The van der Waals surface area contributed by atoms with Gasteiger partial charge in [-0.3, -0.25) is 4.99 Å². The van der Waals surface area contributed by atoms with E-state index in [1.54, 1.807) is 6.08 Å². The van der Waals surface area contributed by atoms with E-state index in [0.29, 0.717) is 0 Å². The molecule has 0 aliphatic carbocycles. The van der Waals surface area contributed by atoms with Crippen LogP contribution in [0.15, 0.2) is 41.8 Å². The second kappa shape index (κ2) is 3.39. The fourth-order valence-corrected chi connectivity index (χ4v) is 1.14. The molecule has 0 aromatic rings. The maximum atomic E-state index is 4.37. The highest BCUT2D eigenvalue weighted by molar-refractivity contribution is 5.97. The number of rotatable bonds is 2. The van der Waals surface area contributed by atoms with E-state index in [9.17, 15) is 0 Å². The fourth-order valence-electron chi connectivity index (χ4n) is 1.14. The zero-order valence-electron chi connectivity index (χ0n) is 7.67. The van der Waals surface area contributed by atoms with Crippen LogP contribution in [0.3, 0.4) is 0 Å². The van der Waals surface area contributed by atoms with Gasteiger partial charge in [-0.05, 0) is 26.1 Å². The van der Waals surface area contributed by atoms with Gasteiger partial charge in [-0.15, -0.1) is 0 Å². The zero-order chi connectivity index (χ0) is 9.14. The van der Waals surface area contributed by atoms with Crippen LogP contribution in [0.25, 0.3) is 0 Å². The Hall–Kier alpha value is -1.31. The van der Waals surface area contributed by atoms with Crippen molar-refractivity contribution in [3.63, 3.8) is 0 Å². The molecule has 2 nitrogen and oxygen atoms in total. The van der Waals surface area contributed by atoms with Crippen LogP contribution >= 0.6 is 0 Å². The third kappa shape index (κ3) is 1.47. The molecule has 0 unspecified atom stereocenters. The molecule has 0 amide bonds. The molecule has 0 bridgehead atoms. The van der Waals surface area contributed by atoms with Gasteiger partial charge >= 0.3 is 0 Å². The van der Waals surface area contributed by atoms with Crippen molar-refractivity contribution in [1.29, 1.82) is 0 Å². The van der Waals surface area contributed by atoms with Gasteiger partial charge in [-0.25, -0.2) is 0 Å². The Balaban J connectivity index is 3.00. The van der Waals surface area contributed by atoms with E-state index in [-0.39, 0.29) is 0 Å². The largest absolute Gasteiger partial charge is 0.345 e. The first-order valence-electron chi connectivity index (χ1n) is 3.95. The Morgan fingerprint density at radius 2 is 2.08 bits per heavy atom. The normalized spacial score (nSPS) is 17.5. The molecule has 0 radical (unpaired) electrons. The van der Waals surface area contributed by atoms with Crippen LogP contribution in [0.4, 0.5) is 0 Å². The van der Waals surface area contributed by atoms with Crippen LogP contribution in [0.5, 0.6) is 0 Å². The summed E-state index contributed by atoms with van der Waals surface area (Å²) in [4.78, 5) is 6.44. The van der Waals surface area contributed by atoms with Crippen LogP contribution in [-0.4, -0.2) is 17.2 Å². The Kier molecular flexibility index (Phi) is 2.48. The van der Waals surface area contributed by atoms with Crippen molar-refractivity contribution in [2.24, 2.45) is 4.99 Å². The van der Waals surface area contributed by atoms with Gasteiger partial charge in [0.1, 0.15) is 0 Å². The smallest absolute Gasteiger partial charge is 0.0645 e. The topological polar surface area (TPSA) is 15.6 Å². The molecule has 0 fully saturated rings. The van der Waals surface area contributed by atoms with Gasteiger partial charge in [0.25, 0.3) is 0 Å². The molecule has 64 valence electrons. The number of nitrogens with zero attached hydrogens (tertiary/aromatic N) is 2. The Bertz CT molecular complexity index is 272. The van der Waals surface area contributed by atoms with Crippen LogP contribution in [0.2, 0.25) is 0 Å². The average Bonchev–Trinajstić information content (AvgIpc) is 2.09. The Morgan fingerprint density at radius 1 is 1.42 bits per heavy atom. The number of aliphatic imine (C=N–C) groups is 1. The highest BCUT2D eigenvalue weighted by atomic mass is 15.1. The van der Waals surface area contributed by atoms with Crippen molar-refractivity contribution < 1.29 is 0 Å². The van der Waals surface area contributed by atoms with E-state index in [1.165, 1.54) is 0 Å². The lowest BCUT2D eigenvalue weighted by Gasteiger charge is -2.25. The summed E-state index contributed by atoms with van der Waals surface area (Å²) in [6, 6.07) is 0. The second-order valence-corrected chi connectivity index (χ2v) is 2.79. The third-order valence-corrected chi connectivity index (χ3v) is 2.05. The van der Waals surface area contributed by atoms with Crippen LogP contribution in [0.1, 0.15) is 13.8 Å². The van der Waals surface area contributed by atoms with Gasteiger partial charge in [0.05, 0.1) is 18.0 Å². The van der Waals surface area contributed by atoms with Gasteiger partial charge in [0.2, 0.25) is 0 Å². The summed E-state index contributed by atoms with van der Waals surface area (Å²) in [6.07, 6.45) is 3.60. The minimum absolute atomic E-state index is 0.788. The molecule has 0 saturated heterocycles. The Morgan fingerprint density at radius 3 is 2.58 bits per heavy atom. The van der Waals surface area contributed by atoms with Crippen molar-refractivity contribution in [2.75, 3.05) is 6.54 Å². The maximum Gasteiger partial charge on any atom is 0.0645 e. The van der Waals surface area contributed by atoms with Gasteiger partial charge in [-0.1, -0.05) is 13.2 Å². The lowest BCUT2D eigenvalue weighted by atomic mass is 10.2. The SMILES string of the molecule is C=CC1=NC(C)=C(C)N(C=C)C1. The predicted molar refractivity (Wildman–Crippen MR) is 52.9 cm³/mol. The van der Waals surface area contributed by atoms with Crippen molar-refractivity contribution in [3.8, 4) is 0 Å². The minimum Gasteiger partial charge on any atom is -0.345 e. The van der Waals surface area contributed by atoms with E-state index in [4.69, 9.17) is 0 Å². The summed E-state index contributed by atoms with van der Waals surface area (Å²) in [5.41, 5.74) is 3.20. The van der Waals surface area contributed by atoms with E-state index in [0.717, 1.165) is 23.7 Å². The summed E-state index contributed by atoms with van der Waals surface area (Å²) in [6.45, 7) is 12.3. The maximum absolute atomic E-state index is 4.37. The molecule has 1 aliphatic heterocycles. The quantitative estimate of drug-likeness (QED) is 0.608. The number of hydrogen-bond donors (Lipinski definition) is 0. The fraction of sp³-hybridized carbons (Fsp3) is 0.300. The summed E-state index contributed by atoms with van der Waals surface area (Å²) >= 11 is 0. The molecule has 0 atom stereocenters. The zero-order valence-corrected chi connectivity index (χ0v) is 7.67. The summed E-state index contributed by atoms with van der Waals surface area (Å²) in [5.74, 6) is 0. The summed E-state index contributed by atoms with van der Waals surface area (Å²) in [7, 11) is 0. The molecular formula is C10H14N2. The van der Waals surface area contributed by atoms with Gasteiger partial charge in [0.15, 0.2) is 0 Å². The Labute approximate surface area is 73.6 Å². The van der Waals surface area contributed by atoms with Crippen molar-refractivity contribution in [3.05, 3.63) is 36.8 Å². The molecule has 0 spiro atoms. The molecule has 1 aliphatic rings. The van der Waals surface area contributed by atoms with Crippen LogP contribution in [0, 0.1) is 0 Å². The number of hydrogen-bond acceptors (Lipinski definition) is 2. The van der Waals surface area contributed by atoms with E-state index in [1.807, 2.05) is 20.0 Å². The summed E-state index contributed by atoms with van der Waals surface area (Å²) < 4.78 is 0. The lowest BCUT2D eigenvalue weighted by Crippen LogP contribution is -2.26. The average molecular weight is 162 g/mol. The molecule has 0 aromatic heterocycles. The molecule has 0 aromatic carbocycles. The van der Waals surface area contributed by atoms with Crippen LogP contribution in [-0.2, 0) is 0 Å². The van der Waals surface area contributed by atoms with Gasteiger partial charge in [-0.2, -0.15) is 0 Å². The molecule has 12 heavy (non-hydrogen) atoms. The first-order valence-corrected chi connectivity index (χ1v) is 3.95. The molecule has 1 rings (SSSR count). The highest BCUT2D eigenvalue weighted by Crippen LogP contribution is 2.16. The van der Waals surface area contributed by atoms with Crippen LogP contribution < -0.4 is 0 Å². The molecule has 2 heteroatoms. The monoisotopic (exact) mass is 162 g/mol. The van der Waals surface area contributed by atoms with E-state index >= 15 is 0 Å². The molecule has 1 heterocycles. The summed E-state index contributed by atoms with van der Waals surface area (Å²) in [5, 5.41) is 0. The predicted octanol–water partition coefficient (Wildman–Crippen LogP) is 2.32.